The summed E-state index contributed by atoms with van der Waals surface area (Å²) in [6.45, 7) is 0. The third-order valence-corrected chi connectivity index (χ3v) is 3.62. The normalized spacial score (nSPS) is 13.7. The van der Waals surface area contributed by atoms with Crippen molar-refractivity contribution in [3.05, 3.63) is 29.5 Å². The number of aliphatic hydroxyl groups is 1. The maximum absolute atomic E-state index is 12.3. The lowest BCUT2D eigenvalue weighted by molar-refractivity contribution is -0.203. The summed E-state index contributed by atoms with van der Waals surface area (Å²) in [6, 6.07) is 3.45. The second-order valence-corrected chi connectivity index (χ2v) is 5.26. The molecule has 10 heteroatoms. The van der Waals surface area contributed by atoms with Crippen molar-refractivity contribution in [2.24, 2.45) is 0 Å². The van der Waals surface area contributed by atoms with Crippen LogP contribution >= 0.6 is 11.3 Å². The minimum atomic E-state index is -4.67. The third kappa shape index (κ3) is 2.72. The summed E-state index contributed by atoms with van der Waals surface area (Å²) in [4.78, 5) is 4.30. The Morgan fingerprint density at radius 2 is 2.14 bits per heavy atom. The zero-order chi connectivity index (χ0) is 15.0. The number of rotatable bonds is 3. The lowest BCUT2D eigenvalue weighted by Gasteiger charge is -2.11. The predicted octanol–water partition coefficient (Wildman–Crippen LogP) is 1.71. The van der Waals surface area contributed by atoms with Gasteiger partial charge in [-0.05, 0) is 12.1 Å². The van der Waals surface area contributed by atoms with Crippen LogP contribution in [0.25, 0.3) is 16.3 Å². The number of aliphatic hydroxyl groups excluding tert-OH is 1. The van der Waals surface area contributed by atoms with E-state index in [0.29, 0.717) is 16.3 Å². The van der Waals surface area contributed by atoms with Crippen molar-refractivity contribution in [3.8, 4) is 11.4 Å². The van der Waals surface area contributed by atoms with Crippen LogP contribution in [-0.4, -0.2) is 42.2 Å². The molecule has 0 fully saturated rings. The Hall–Kier alpha value is -2.07. The molecule has 0 amide bonds. The van der Waals surface area contributed by atoms with Crippen LogP contribution in [0.4, 0.5) is 13.2 Å². The van der Waals surface area contributed by atoms with Gasteiger partial charge in [-0.2, -0.15) is 22.8 Å². The van der Waals surface area contributed by atoms with E-state index in [4.69, 9.17) is 5.11 Å². The molecule has 0 spiro atoms. The van der Waals surface area contributed by atoms with Crippen molar-refractivity contribution in [1.82, 2.24) is 24.8 Å². The van der Waals surface area contributed by atoms with E-state index in [-0.39, 0.29) is 5.01 Å². The van der Waals surface area contributed by atoms with Crippen molar-refractivity contribution < 1.29 is 18.3 Å². The van der Waals surface area contributed by atoms with Crippen molar-refractivity contribution in [2.75, 3.05) is 0 Å². The highest BCUT2D eigenvalue weighted by molar-refractivity contribution is 7.16. The second kappa shape index (κ2) is 5.04. The van der Waals surface area contributed by atoms with Crippen molar-refractivity contribution in [1.29, 1.82) is 0 Å². The average molecular weight is 315 g/mol. The first-order chi connectivity index (χ1) is 9.95. The van der Waals surface area contributed by atoms with Gasteiger partial charge in [0, 0.05) is 24.4 Å². The van der Waals surface area contributed by atoms with E-state index in [1.165, 1.54) is 4.52 Å². The fraction of sp³-hybridized carbons (Fsp3) is 0.273. The number of fused-ring (bicyclic) bond motifs is 1. The van der Waals surface area contributed by atoms with Crippen LogP contribution in [0.15, 0.2) is 24.5 Å². The molecule has 0 bridgehead atoms. The zero-order valence-corrected chi connectivity index (χ0v) is 11.1. The highest BCUT2D eigenvalue weighted by Gasteiger charge is 2.38. The molecular formula is C11H8F3N5OS. The summed E-state index contributed by atoms with van der Waals surface area (Å²) in [5.74, 6) is 0.391. The summed E-state index contributed by atoms with van der Waals surface area (Å²) >= 11 is 0.955. The Morgan fingerprint density at radius 3 is 2.81 bits per heavy atom. The van der Waals surface area contributed by atoms with Gasteiger partial charge in [0.1, 0.15) is 5.01 Å². The van der Waals surface area contributed by atoms with E-state index in [9.17, 15) is 13.2 Å². The van der Waals surface area contributed by atoms with E-state index in [1.54, 1.807) is 24.5 Å². The van der Waals surface area contributed by atoms with Crippen LogP contribution in [-0.2, 0) is 6.42 Å². The smallest absolute Gasteiger partial charge is 0.383 e. The number of hydrogen-bond donors (Lipinski definition) is 1. The largest absolute Gasteiger partial charge is 0.414 e. The number of alkyl halides is 3. The third-order valence-electron chi connectivity index (χ3n) is 2.70. The molecule has 3 aromatic heterocycles. The topological polar surface area (TPSA) is 76.2 Å². The summed E-state index contributed by atoms with van der Waals surface area (Å²) in [5, 5.41) is 21.0. The van der Waals surface area contributed by atoms with E-state index in [2.05, 4.69) is 20.3 Å². The Kier molecular flexibility index (Phi) is 3.33. The van der Waals surface area contributed by atoms with Crippen molar-refractivity contribution in [2.45, 2.75) is 18.7 Å². The SMILES string of the molecule is OC(Cc1nn2c(-c3cccnc3)nnc2s1)C(F)(F)F. The molecule has 1 N–H and O–H groups in total. The molecular weight excluding hydrogens is 307 g/mol. The molecule has 0 radical (unpaired) electrons. The van der Waals surface area contributed by atoms with Crippen molar-refractivity contribution >= 4 is 16.3 Å². The molecule has 0 saturated carbocycles. The van der Waals surface area contributed by atoms with E-state index >= 15 is 0 Å². The first kappa shape index (κ1) is 13.9. The number of pyridine rings is 1. The Labute approximate surface area is 119 Å². The summed E-state index contributed by atoms with van der Waals surface area (Å²) in [5.41, 5.74) is 0.651. The molecule has 3 aromatic rings. The molecule has 21 heavy (non-hydrogen) atoms. The van der Waals surface area contributed by atoms with Gasteiger partial charge in [0.2, 0.25) is 4.96 Å². The first-order valence-corrected chi connectivity index (χ1v) is 6.63. The molecule has 6 nitrogen and oxygen atoms in total. The fourth-order valence-electron chi connectivity index (χ4n) is 1.70. The maximum Gasteiger partial charge on any atom is 0.414 e. The van der Waals surface area contributed by atoms with E-state index in [0.717, 1.165) is 11.3 Å². The standard InChI is InChI=1S/C11H8F3N5OS/c12-11(13,14)7(20)4-8-18-19-9(16-17-10(19)21-8)6-2-1-3-15-5-6/h1-3,5,7,20H,4H2. The summed E-state index contributed by atoms with van der Waals surface area (Å²) < 4.78 is 38.4. The minimum absolute atomic E-state index is 0.134. The number of hydrogen-bond acceptors (Lipinski definition) is 6. The zero-order valence-electron chi connectivity index (χ0n) is 10.3. The van der Waals surface area contributed by atoms with Crippen LogP contribution in [0.2, 0.25) is 0 Å². The lowest BCUT2D eigenvalue weighted by Crippen LogP contribution is -2.30. The van der Waals surface area contributed by atoms with Gasteiger partial charge in [-0.15, -0.1) is 10.2 Å². The summed E-state index contributed by atoms with van der Waals surface area (Å²) in [6.07, 6.45) is -4.57. The van der Waals surface area contributed by atoms with Gasteiger partial charge in [-0.1, -0.05) is 11.3 Å². The molecule has 0 aromatic carbocycles. The molecule has 3 heterocycles. The van der Waals surface area contributed by atoms with Crippen LogP contribution in [0, 0.1) is 0 Å². The minimum Gasteiger partial charge on any atom is -0.383 e. The average Bonchev–Trinajstić information content (AvgIpc) is 2.98. The van der Waals surface area contributed by atoms with Gasteiger partial charge in [0.05, 0.1) is 0 Å². The number of halogens is 3. The van der Waals surface area contributed by atoms with Gasteiger partial charge in [-0.25, -0.2) is 0 Å². The maximum atomic E-state index is 12.3. The van der Waals surface area contributed by atoms with E-state index < -0.39 is 18.7 Å². The van der Waals surface area contributed by atoms with Gasteiger partial charge in [0.15, 0.2) is 11.9 Å². The molecule has 3 rings (SSSR count). The molecule has 1 atom stereocenters. The van der Waals surface area contributed by atoms with E-state index in [1.807, 2.05) is 0 Å². The highest BCUT2D eigenvalue weighted by Crippen LogP contribution is 2.26. The van der Waals surface area contributed by atoms with Crippen LogP contribution in [0.1, 0.15) is 5.01 Å². The lowest BCUT2D eigenvalue weighted by atomic mass is 10.2. The second-order valence-electron chi connectivity index (χ2n) is 4.22. The summed E-state index contributed by atoms with van der Waals surface area (Å²) in [7, 11) is 0. The van der Waals surface area contributed by atoms with Gasteiger partial charge < -0.3 is 5.11 Å². The monoisotopic (exact) mass is 315 g/mol. The van der Waals surface area contributed by atoms with Crippen LogP contribution < -0.4 is 0 Å². The molecule has 0 aliphatic rings. The van der Waals surface area contributed by atoms with Gasteiger partial charge in [0.25, 0.3) is 0 Å². The molecule has 1 unspecified atom stereocenters. The molecule has 0 aliphatic heterocycles. The number of nitrogens with zero attached hydrogens (tertiary/aromatic N) is 5. The molecule has 0 saturated heterocycles. The first-order valence-electron chi connectivity index (χ1n) is 5.81. The fourth-order valence-corrected chi connectivity index (χ4v) is 2.57. The van der Waals surface area contributed by atoms with Crippen LogP contribution in [0.5, 0.6) is 0 Å². The van der Waals surface area contributed by atoms with Gasteiger partial charge >= 0.3 is 6.18 Å². The Morgan fingerprint density at radius 1 is 1.33 bits per heavy atom. The van der Waals surface area contributed by atoms with Gasteiger partial charge in [-0.3, -0.25) is 4.98 Å². The molecule has 110 valence electrons. The highest BCUT2D eigenvalue weighted by atomic mass is 32.1. The predicted molar refractivity (Wildman–Crippen MR) is 67.7 cm³/mol. The van der Waals surface area contributed by atoms with Crippen LogP contribution in [0.3, 0.4) is 0 Å². The Bertz CT molecular complexity index is 754. The Balaban J connectivity index is 1.94. The number of aromatic nitrogens is 5. The quantitative estimate of drug-likeness (QED) is 0.796. The van der Waals surface area contributed by atoms with Crippen molar-refractivity contribution in [3.63, 3.8) is 0 Å². The molecule has 0 aliphatic carbocycles.